The van der Waals surface area contributed by atoms with Crippen molar-refractivity contribution in [3.05, 3.63) is 206 Å². The van der Waals surface area contributed by atoms with Gasteiger partial charge in [-0.2, -0.15) is 4.98 Å². The number of para-hydroxylation sites is 3. The van der Waals surface area contributed by atoms with Crippen molar-refractivity contribution in [2.75, 3.05) is 4.90 Å². The minimum Gasteiger partial charge on any atom is -0.367 e. The summed E-state index contributed by atoms with van der Waals surface area (Å²) in [5.41, 5.74) is 12.0. The molecule has 60 heavy (non-hydrogen) atoms. The summed E-state index contributed by atoms with van der Waals surface area (Å²) in [6, 6.07) is 67.9. The van der Waals surface area contributed by atoms with E-state index in [0.717, 1.165) is 72.1 Å². The maximum absolute atomic E-state index is 12.5. The van der Waals surface area contributed by atoms with E-state index in [1.54, 1.807) is 0 Å². The van der Waals surface area contributed by atoms with Gasteiger partial charge in [0.1, 0.15) is 5.82 Å². The van der Waals surface area contributed by atoms with E-state index in [1.807, 2.05) is 60.5 Å². The number of nitrogens with zero attached hydrogens (tertiary/aromatic N) is 5. The molecule has 284 valence electrons. The molecule has 1 aliphatic rings. The van der Waals surface area contributed by atoms with Crippen molar-refractivity contribution in [3.8, 4) is 45.0 Å². The Balaban J connectivity index is 1.01. The molecule has 6 nitrogen and oxygen atoms in total. The van der Waals surface area contributed by atoms with Crippen molar-refractivity contribution in [1.82, 2.24) is 19.1 Å². The van der Waals surface area contributed by atoms with Crippen LogP contribution in [0.1, 0.15) is 12.5 Å². The van der Waals surface area contributed by atoms with E-state index in [0.29, 0.717) is 11.8 Å². The molecule has 11 aromatic rings. The third-order valence-electron chi connectivity index (χ3n) is 12.3. The summed E-state index contributed by atoms with van der Waals surface area (Å²) in [6.07, 6.45) is 1.91. The SMILES string of the molecule is CC1(O)c2ccccc2-c2cnc(-n3c4ccccc4c4cc(-c5ccc6c(c5)c5ccccc5n6-c5ccccc5)ccc43)nc2N1c1ccc(-c2ccccc2)cc1. The standard InChI is InChI=1S/C54H37N5O/c1-54(60)47-21-11-8-18-41(47)46-34-55-53(56-52(46)59(54)40-28-24-36(25-29-40)35-14-4-2-5-15-35)58-49-23-13-10-20-43(49)45-33-38(27-31-51(45)58)37-26-30-50-44(32-37)42-19-9-12-22-48(42)57(50)39-16-6-3-7-17-39/h2-34,60H,1H3. The van der Waals surface area contributed by atoms with Gasteiger partial charge in [0.2, 0.25) is 5.95 Å². The van der Waals surface area contributed by atoms with Crippen LogP contribution in [0.25, 0.3) is 88.6 Å². The van der Waals surface area contributed by atoms with Crippen LogP contribution in [0.5, 0.6) is 0 Å². The topological polar surface area (TPSA) is 59.1 Å². The highest BCUT2D eigenvalue weighted by Crippen LogP contribution is 2.49. The highest BCUT2D eigenvalue weighted by Gasteiger charge is 2.42. The molecule has 0 aliphatic carbocycles. The Morgan fingerprint density at radius 2 is 0.950 bits per heavy atom. The van der Waals surface area contributed by atoms with Gasteiger partial charge in [0.05, 0.1) is 22.1 Å². The predicted molar refractivity (Wildman–Crippen MR) is 245 cm³/mol. The van der Waals surface area contributed by atoms with Gasteiger partial charge in [-0.1, -0.05) is 133 Å². The number of hydrogen-bond donors (Lipinski definition) is 1. The van der Waals surface area contributed by atoms with Crippen LogP contribution in [0.2, 0.25) is 0 Å². The number of hydrogen-bond acceptors (Lipinski definition) is 4. The van der Waals surface area contributed by atoms with Crippen LogP contribution in [0, 0.1) is 0 Å². The minimum atomic E-state index is -1.40. The molecule has 0 saturated heterocycles. The lowest BCUT2D eigenvalue weighted by atomic mass is 9.88. The van der Waals surface area contributed by atoms with Gasteiger partial charge in [0, 0.05) is 50.2 Å². The molecular formula is C54H37N5O. The molecule has 0 bridgehead atoms. The first kappa shape index (κ1) is 34.3. The van der Waals surface area contributed by atoms with Crippen molar-refractivity contribution in [2.45, 2.75) is 12.6 Å². The van der Waals surface area contributed by atoms with Crippen LogP contribution in [0.15, 0.2) is 200 Å². The van der Waals surface area contributed by atoms with Crippen molar-refractivity contribution in [1.29, 1.82) is 0 Å². The Hall–Kier alpha value is -7.80. The van der Waals surface area contributed by atoms with E-state index in [-0.39, 0.29) is 0 Å². The molecule has 6 heteroatoms. The zero-order valence-corrected chi connectivity index (χ0v) is 32.7. The average Bonchev–Trinajstić information content (AvgIpc) is 3.82. The number of benzene rings is 8. The monoisotopic (exact) mass is 771 g/mol. The number of aliphatic hydroxyl groups is 1. The van der Waals surface area contributed by atoms with E-state index < -0.39 is 5.72 Å². The Bertz CT molecular complexity index is 3460. The first-order valence-corrected chi connectivity index (χ1v) is 20.3. The Labute approximate surface area is 346 Å². The van der Waals surface area contributed by atoms with Crippen molar-refractivity contribution in [2.24, 2.45) is 0 Å². The van der Waals surface area contributed by atoms with Crippen LogP contribution < -0.4 is 4.90 Å². The third kappa shape index (κ3) is 5.11. The number of anilines is 2. The van der Waals surface area contributed by atoms with Gasteiger partial charge in [0.15, 0.2) is 5.72 Å². The van der Waals surface area contributed by atoms with Crippen LogP contribution in [0.4, 0.5) is 11.5 Å². The van der Waals surface area contributed by atoms with Gasteiger partial charge in [-0.3, -0.25) is 9.47 Å². The smallest absolute Gasteiger partial charge is 0.236 e. The van der Waals surface area contributed by atoms with E-state index in [1.165, 1.54) is 21.8 Å². The van der Waals surface area contributed by atoms with E-state index in [2.05, 4.69) is 161 Å². The van der Waals surface area contributed by atoms with Crippen LogP contribution in [-0.4, -0.2) is 24.2 Å². The normalized spacial score (nSPS) is 14.9. The lowest BCUT2D eigenvalue weighted by Gasteiger charge is -2.43. The van der Waals surface area contributed by atoms with E-state index in [4.69, 9.17) is 9.97 Å². The summed E-state index contributed by atoms with van der Waals surface area (Å²) in [5.74, 6) is 1.17. The third-order valence-corrected chi connectivity index (χ3v) is 12.3. The Kier molecular flexibility index (Phi) is 7.49. The molecule has 1 aliphatic heterocycles. The summed E-state index contributed by atoms with van der Waals surface area (Å²) >= 11 is 0. The van der Waals surface area contributed by atoms with Crippen LogP contribution >= 0.6 is 0 Å². The molecule has 0 fully saturated rings. The molecule has 1 N–H and O–H groups in total. The van der Waals surface area contributed by atoms with Crippen LogP contribution in [0.3, 0.4) is 0 Å². The van der Waals surface area contributed by atoms with Crippen molar-refractivity contribution < 1.29 is 5.11 Å². The molecule has 0 spiro atoms. The van der Waals surface area contributed by atoms with E-state index >= 15 is 0 Å². The molecule has 0 saturated carbocycles. The highest BCUT2D eigenvalue weighted by molar-refractivity contribution is 6.12. The maximum Gasteiger partial charge on any atom is 0.236 e. The molecular weight excluding hydrogens is 735 g/mol. The summed E-state index contributed by atoms with van der Waals surface area (Å²) in [7, 11) is 0. The number of rotatable bonds is 5. The average molecular weight is 772 g/mol. The fourth-order valence-electron chi connectivity index (χ4n) is 9.47. The van der Waals surface area contributed by atoms with Gasteiger partial charge in [-0.25, -0.2) is 4.98 Å². The molecule has 0 amide bonds. The second-order valence-corrected chi connectivity index (χ2v) is 15.7. The molecule has 4 heterocycles. The van der Waals surface area contributed by atoms with Gasteiger partial charge in [0.25, 0.3) is 0 Å². The number of aromatic nitrogens is 4. The van der Waals surface area contributed by atoms with Crippen molar-refractivity contribution in [3.63, 3.8) is 0 Å². The van der Waals surface area contributed by atoms with Gasteiger partial charge < -0.3 is 9.67 Å². The Morgan fingerprint density at radius 1 is 0.433 bits per heavy atom. The zero-order chi connectivity index (χ0) is 40.0. The predicted octanol–water partition coefficient (Wildman–Crippen LogP) is 13.0. The first-order valence-electron chi connectivity index (χ1n) is 20.3. The maximum atomic E-state index is 12.5. The van der Waals surface area contributed by atoms with Gasteiger partial charge >= 0.3 is 0 Å². The number of fused-ring (bicyclic) bond motifs is 9. The Morgan fingerprint density at radius 3 is 1.63 bits per heavy atom. The molecule has 12 rings (SSSR count). The second-order valence-electron chi connectivity index (χ2n) is 15.7. The quantitative estimate of drug-likeness (QED) is 0.189. The van der Waals surface area contributed by atoms with Gasteiger partial charge in [-0.05, 0) is 95.4 Å². The lowest BCUT2D eigenvalue weighted by molar-refractivity contribution is 0.0629. The van der Waals surface area contributed by atoms with Crippen molar-refractivity contribution >= 4 is 55.1 Å². The highest BCUT2D eigenvalue weighted by atomic mass is 16.3. The van der Waals surface area contributed by atoms with Gasteiger partial charge in [-0.15, -0.1) is 0 Å². The second kappa shape index (κ2) is 13.1. The summed E-state index contributed by atoms with van der Waals surface area (Å²) < 4.78 is 4.50. The summed E-state index contributed by atoms with van der Waals surface area (Å²) in [5, 5.41) is 17.2. The molecule has 1 atom stereocenters. The molecule has 8 aromatic carbocycles. The molecule has 1 unspecified atom stereocenters. The molecule has 3 aromatic heterocycles. The first-order chi connectivity index (χ1) is 29.5. The summed E-state index contributed by atoms with van der Waals surface area (Å²) in [6.45, 7) is 1.85. The molecule has 0 radical (unpaired) electrons. The van der Waals surface area contributed by atoms with Crippen LogP contribution in [-0.2, 0) is 5.72 Å². The largest absolute Gasteiger partial charge is 0.367 e. The van der Waals surface area contributed by atoms with E-state index in [9.17, 15) is 5.11 Å². The fraction of sp³-hybridized carbons (Fsp3) is 0.0370. The zero-order valence-electron chi connectivity index (χ0n) is 32.7. The minimum absolute atomic E-state index is 0.531. The lowest BCUT2D eigenvalue weighted by Crippen LogP contribution is -2.44. The fourth-order valence-corrected chi connectivity index (χ4v) is 9.47. The summed E-state index contributed by atoms with van der Waals surface area (Å²) in [4.78, 5) is 12.4.